The normalized spacial score (nSPS) is 54.3. The summed E-state index contributed by atoms with van der Waals surface area (Å²) in [5, 5.41) is 10.6. The molecule has 4 aliphatic carbocycles. The highest BCUT2D eigenvalue weighted by molar-refractivity contribution is 5.08. The van der Waals surface area contributed by atoms with E-state index in [0.717, 1.165) is 48.1 Å². The standard InChI is InChI=1S/C22H37NO/c1-14(23)18-7-4-16-12-15(18)5-9-20-19(16)8-6-17-13-21(2,24)10-11-22(17,20)3/h15-20,24H,1,4-13,23H2,2-3H3/t15-,16-,17-,18-,19+,20+,21-,22+/m1/s1. The first-order valence-corrected chi connectivity index (χ1v) is 10.5. The van der Waals surface area contributed by atoms with Gasteiger partial charge in [-0.2, -0.15) is 0 Å². The quantitative estimate of drug-likeness (QED) is 0.720. The van der Waals surface area contributed by atoms with Crippen LogP contribution in [-0.2, 0) is 0 Å². The van der Waals surface area contributed by atoms with Gasteiger partial charge in [0.1, 0.15) is 0 Å². The molecule has 0 aromatic rings. The highest BCUT2D eigenvalue weighted by Crippen LogP contribution is 2.62. The number of rotatable bonds is 1. The van der Waals surface area contributed by atoms with Crippen LogP contribution in [0.2, 0.25) is 0 Å². The molecule has 0 spiro atoms. The first kappa shape index (κ1) is 16.9. The lowest BCUT2D eigenvalue weighted by Crippen LogP contribution is -2.51. The molecule has 0 amide bonds. The Morgan fingerprint density at radius 1 is 1.00 bits per heavy atom. The summed E-state index contributed by atoms with van der Waals surface area (Å²) < 4.78 is 0. The summed E-state index contributed by atoms with van der Waals surface area (Å²) in [5.41, 5.74) is 7.14. The topological polar surface area (TPSA) is 46.2 Å². The first-order chi connectivity index (χ1) is 11.3. The van der Waals surface area contributed by atoms with Gasteiger partial charge in [-0.1, -0.05) is 13.5 Å². The van der Waals surface area contributed by atoms with Crippen molar-refractivity contribution in [3.8, 4) is 0 Å². The number of nitrogens with two attached hydrogens (primary N) is 1. The lowest BCUT2D eigenvalue weighted by Gasteiger charge is -2.57. The Balaban J connectivity index is 1.59. The van der Waals surface area contributed by atoms with Crippen LogP contribution in [0.5, 0.6) is 0 Å². The molecule has 136 valence electrons. The van der Waals surface area contributed by atoms with E-state index in [1.165, 1.54) is 51.4 Å². The van der Waals surface area contributed by atoms with Gasteiger partial charge in [0, 0.05) is 11.6 Å². The van der Waals surface area contributed by atoms with Crippen molar-refractivity contribution in [1.82, 2.24) is 0 Å². The van der Waals surface area contributed by atoms with E-state index in [0.29, 0.717) is 11.3 Å². The Kier molecular flexibility index (Phi) is 4.06. The monoisotopic (exact) mass is 331 g/mol. The van der Waals surface area contributed by atoms with Crippen LogP contribution in [0.3, 0.4) is 0 Å². The summed E-state index contributed by atoms with van der Waals surface area (Å²) in [4.78, 5) is 0. The molecular formula is C22H37NO. The zero-order valence-corrected chi connectivity index (χ0v) is 15.8. The van der Waals surface area contributed by atoms with Crippen LogP contribution in [0.4, 0.5) is 0 Å². The highest BCUT2D eigenvalue weighted by atomic mass is 16.3. The van der Waals surface area contributed by atoms with E-state index in [2.05, 4.69) is 20.4 Å². The van der Waals surface area contributed by atoms with Crippen molar-refractivity contribution in [2.24, 2.45) is 46.7 Å². The molecular weight excluding hydrogens is 294 g/mol. The summed E-state index contributed by atoms with van der Waals surface area (Å²) >= 11 is 0. The zero-order chi connectivity index (χ0) is 17.1. The van der Waals surface area contributed by atoms with Crippen LogP contribution in [0.15, 0.2) is 12.3 Å². The molecule has 3 N–H and O–H groups in total. The van der Waals surface area contributed by atoms with E-state index >= 15 is 0 Å². The largest absolute Gasteiger partial charge is 0.402 e. The van der Waals surface area contributed by atoms with Crippen LogP contribution in [0.25, 0.3) is 0 Å². The van der Waals surface area contributed by atoms with Crippen LogP contribution in [0, 0.1) is 40.9 Å². The molecule has 0 heterocycles. The molecule has 0 aromatic carbocycles. The molecule has 2 nitrogen and oxygen atoms in total. The van der Waals surface area contributed by atoms with E-state index in [-0.39, 0.29) is 0 Å². The number of hydrogen-bond donors (Lipinski definition) is 2. The maximum absolute atomic E-state index is 10.6. The fraction of sp³-hybridized carbons (Fsp3) is 0.909. The van der Waals surface area contributed by atoms with Gasteiger partial charge >= 0.3 is 0 Å². The van der Waals surface area contributed by atoms with Gasteiger partial charge in [-0.15, -0.1) is 0 Å². The summed E-state index contributed by atoms with van der Waals surface area (Å²) in [6.45, 7) is 8.74. The van der Waals surface area contributed by atoms with E-state index in [1.807, 2.05) is 0 Å². The Bertz CT molecular complexity index is 512. The van der Waals surface area contributed by atoms with Gasteiger partial charge < -0.3 is 10.8 Å². The molecule has 24 heavy (non-hydrogen) atoms. The van der Waals surface area contributed by atoms with E-state index in [4.69, 9.17) is 5.73 Å². The van der Waals surface area contributed by atoms with Gasteiger partial charge in [0.2, 0.25) is 0 Å². The summed E-state index contributed by atoms with van der Waals surface area (Å²) in [7, 11) is 0. The molecule has 0 saturated heterocycles. The predicted molar refractivity (Wildman–Crippen MR) is 99.2 cm³/mol. The van der Waals surface area contributed by atoms with Gasteiger partial charge in [0.15, 0.2) is 0 Å². The third kappa shape index (κ3) is 2.64. The molecule has 0 unspecified atom stereocenters. The molecule has 4 saturated carbocycles. The summed E-state index contributed by atoms with van der Waals surface area (Å²) in [5.74, 6) is 4.86. The first-order valence-electron chi connectivity index (χ1n) is 10.5. The third-order valence-corrected chi connectivity index (χ3v) is 8.99. The number of aliphatic hydroxyl groups is 1. The molecule has 2 heteroatoms. The van der Waals surface area contributed by atoms with Gasteiger partial charge in [-0.3, -0.25) is 0 Å². The Morgan fingerprint density at radius 3 is 2.50 bits per heavy atom. The van der Waals surface area contributed by atoms with Crippen molar-refractivity contribution in [2.75, 3.05) is 0 Å². The van der Waals surface area contributed by atoms with Crippen molar-refractivity contribution in [3.63, 3.8) is 0 Å². The average molecular weight is 332 g/mol. The Hall–Kier alpha value is -0.500. The van der Waals surface area contributed by atoms with E-state index < -0.39 is 5.60 Å². The second-order valence-electron chi connectivity index (χ2n) is 10.3. The van der Waals surface area contributed by atoms with Crippen molar-refractivity contribution < 1.29 is 5.11 Å². The van der Waals surface area contributed by atoms with Crippen molar-refractivity contribution in [3.05, 3.63) is 12.3 Å². The molecule has 8 atom stereocenters. The molecule has 4 rings (SSSR count). The SMILES string of the molecule is C=C(N)[C@H]1CC[C@@H]2C[C@H]1CC[C@H]1[C@H]2CC[C@@H]2C[C@](C)(O)CC[C@@]21C. The van der Waals surface area contributed by atoms with Crippen LogP contribution in [0.1, 0.15) is 78.1 Å². The number of hydrogen-bond acceptors (Lipinski definition) is 2. The fourth-order valence-corrected chi connectivity index (χ4v) is 7.61. The van der Waals surface area contributed by atoms with Gasteiger partial charge in [0.05, 0.1) is 5.60 Å². The number of fused-ring (bicyclic) bond motifs is 6. The molecule has 4 aliphatic rings. The van der Waals surface area contributed by atoms with Crippen LogP contribution in [-0.4, -0.2) is 10.7 Å². The van der Waals surface area contributed by atoms with Crippen molar-refractivity contribution in [2.45, 2.75) is 83.7 Å². The molecule has 4 fully saturated rings. The minimum atomic E-state index is -0.417. The highest BCUT2D eigenvalue weighted by Gasteiger charge is 2.55. The van der Waals surface area contributed by atoms with E-state index in [1.54, 1.807) is 0 Å². The Morgan fingerprint density at radius 2 is 1.75 bits per heavy atom. The van der Waals surface area contributed by atoms with Crippen LogP contribution < -0.4 is 5.73 Å². The van der Waals surface area contributed by atoms with Crippen molar-refractivity contribution >= 4 is 0 Å². The second kappa shape index (κ2) is 5.76. The summed E-state index contributed by atoms with van der Waals surface area (Å²) in [6, 6.07) is 0. The molecule has 0 aliphatic heterocycles. The lowest BCUT2D eigenvalue weighted by atomic mass is 9.48. The van der Waals surface area contributed by atoms with Crippen molar-refractivity contribution in [1.29, 1.82) is 0 Å². The minimum Gasteiger partial charge on any atom is -0.402 e. The molecule has 2 bridgehead atoms. The lowest BCUT2D eigenvalue weighted by molar-refractivity contribution is -0.117. The number of allylic oxidation sites excluding steroid dienone is 1. The Labute approximate surface area is 148 Å². The second-order valence-corrected chi connectivity index (χ2v) is 10.3. The minimum absolute atomic E-state index is 0.417. The third-order valence-electron chi connectivity index (χ3n) is 8.99. The van der Waals surface area contributed by atoms with Gasteiger partial charge in [0.25, 0.3) is 0 Å². The molecule has 0 radical (unpaired) electrons. The predicted octanol–water partition coefficient (Wildman–Crippen LogP) is 4.87. The zero-order valence-electron chi connectivity index (χ0n) is 15.8. The van der Waals surface area contributed by atoms with Gasteiger partial charge in [-0.05, 0) is 106 Å². The summed E-state index contributed by atoms with van der Waals surface area (Å²) in [6.07, 6.45) is 12.8. The maximum atomic E-state index is 10.6. The molecule has 0 aromatic heterocycles. The maximum Gasteiger partial charge on any atom is 0.0622 e. The average Bonchev–Trinajstić information content (AvgIpc) is 2.66. The smallest absolute Gasteiger partial charge is 0.0622 e. The van der Waals surface area contributed by atoms with Gasteiger partial charge in [-0.25, -0.2) is 0 Å². The van der Waals surface area contributed by atoms with E-state index in [9.17, 15) is 5.11 Å². The fourth-order valence-electron chi connectivity index (χ4n) is 7.61. The van der Waals surface area contributed by atoms with Crippen LogP contribution >= 0.6 is 0 Å².